The minimum absolute atomic E-state index is 0.167. The lowest BCUT2D eigenvalue weighted by Gasteiger charge is -2.18. The number of aryl methyl sites for hydroxylation is 1. The van der Waals surface area contributed by atoms with Crippen LogP contribution >= 0.6 is 9.24 Å². The summed E-state index contributed by atoms with van der Waals surface area (Å²) in [7, 11) is 8.55. The molecule has 0 saturated heterocycles. The lowest BCUT2D eigenvalue weighted by Crippen LogP contribution is -2.20. The molecule has 5 heteroatoms. The summed E-state index contributed by atoms with van der Waals surface area (Å²) in [5.41, 5.74) is 14.3. The lowest BCUT2D eigenvalue weighted by atomic mass is 9.79. The number of rotatable bonds is 5. The van der Waals surface area contributed by atoms with Crippen molar-refractivity contribution in [2.24, 2.45) is 5.73 Å². The monoisotopic (exact) mass is 236 g/mol. The maximum atomic E-state index is 8.81. The highest BCUT2D eigenvalue weighted by atomic mass is 31.0. The Balaban J connectivity index is 3.06. The van der Waals surface area contributed by atoms with Gasteiger partial charge in [0.1, 0.15) is 0 Å². The molecule has 16 heavy (non-hydrogen) atoms. The van der Waals surface area contributed by atoms with Crippen molar-refractivity contribution in [2.75, 3.05) is 18.9 Å². The zero-order valence-electron chi connectivity index (χ0n) is 9.32. The highest BCUT2D eigenvalue weighted by Crippen LogP contribution is 2.24. The molecule has 0 bridgehead atoms. The smallest absolute Gasteiger partial charge is 0.0782 e. The van der Waals surface area contributed by atoms with Crippen LogP contribution in [0.3, 0.4) is 0 Å². The maximum Gasteiger partial charge on any atom is 0.0782 e. The van der Waals surface area contributed by atoms with Crippen molar-refractivity contribution in [3.05, 3.63) is 23.3 Å². The van der Waals surface area contributed by atoms with Crippen LogP contribution in [-0.4, -0.2) is 26.1 Å². The molecule has 2 atom stereocenters. The van der Waals surface area contributed by atoms with E-state index in [1.807, 2.05) is 12.1 Å². The fourth-order valence-electron chi connectivity index (χ4n) is 1.72. The first kappa shape index (κ1) is 13.5. The molecule has 1 aromatic rings. The summed E-state index contributed by atoms with van der Waals surface area (Å²) in [6.45, 7) is 0.537. The van der Waals surface area contributed by atoms with Gasteiger partial charge in [-0.2, -0.15) is 0 Å². The molecule has 0 aliphatic heterocycles. The van der Waals surface area contributed by atoms with Crippen molar-refractivity contribution < 1.29 is 5.11 Å². The maximum absolute atomic E-state index is 8.81. The van der Waals surface area contributed by atoms with E-state index in [4.69, 9.17) is 24.4 Å². The summed E-state index contributed by atoms with van der Waals surface area (Å²) in [5, 5.41) is 9.80. The molecule has 1 aromatic carbocycles. The molecule has 0 fully saturated rings. The van der Waals surface area contributed by atoms with Crippen LogP contribution in [0.1, 0.15) is 23.4 Å². The molecule has 0 aliphatic carbocycles. The first-order chi connectivity index (χ1) is 7.61. The summed E-state index contributed by atoms with van der Waals surface area (Å²) >= 11 is 0. The van der Waals surface area contributed by atoms with Gasteiger partial charge in [-0.3, -0.25) is 0 Å². The van der Waals surface area contributed by atoms with E-state index in [0.29, 0.717) is 18.7 Å². The van der Waals surface area contributed by atoms with Gasteiger partial charge in [-0.05, 0) is 41.6 Å². The highest BCUT2D eigenvalue weighted by molar-refractivity contribution is 7.27. The van der Waals surface area contributed by atoms with Gasteiger partial charge in [0.25, 0.3) is 0 Å². The number of nitrogen functional groups attached to an aromatic ring is 1. The van der Waals surface area contributed by atoms with Gasteiger partial charge in [0.2, 0.25) is 0 Å². The van der Waals surface area contributed by atoms with Crippen molar-refractivity contribution in [3.8, 4) is 0 Å². The number of nitrogens with two attached hydrogens (primary N) is 2. The lowest BCUT2D eigenvalue weighted by molar-refractivity contribution is 0.288. The zero-order valence-corrected chi connectivity index (χ0v) is 10.5. The van der Waals surface area contributed by atoms with Crippen LogP contribution in [0.4, 0.5) is 5.69 Å². The molecule has 0 aliphatic rings. The molecule has 3 nitrogen and oxygen atoms in total. The average Bonchev–Trinajstić information content (AvgIpc) is 2.28. The Morgan fingerprint density at radius 3 is 2.69 bits per heavy atom. The number of anilines is 1. The van der Waals surface area contributed by atoms with Crippen LogP contribution in [0.5, 0.6) is 0 Å². The second-order valence-electron chi connectivity index (χ2n) is 3.81. The van der Waals surface area contributed by atoms with Crippen molar-refractivity contribution in [1.82, 2.24) is 0 Å². The van der Waals surface area contributed by atoms with Crippen LogP contribution in [0.2, 0.25) is 0 Å². The molecule has 0 saturated carbocycles. The largest absolute Gasteiger partial charge is 0.398 e. The van der Waals surface area contributed by atoms with Crippen LogP contribution in [0.15, 0.2) is 12.1 Å². The molecule has 86 valence electrons. The van der Waals surface area contributed by atoms with Gasteiger partial charge in [0, 0.05) is 12.3 Å². The minimum atomic E-state index is -0.235. The Morgan fingerprint density at radius 2 is 2.12 bits per heavy atom. The average molecular weight is 236 g/mol. The standard InChI is InChI=1S/C11H18BN2OP/c12-8(6-13)10-9(16)4-3-7(11(10)14)2-1-5-15/h3-4,8,15H,1-2,5-6,13-14,16H2. The summed E-state index contributed by atoms with van der Waals surface area (Å²) in [6.07, 6.45) is 1.47. The predicted molar refractivity (Wildman–Crippen MR) is 73.2 cm³/mol. The fraction of sp³-hybridized carbons (Fsp3) is 0.455. The number of aliphatic hydroxyl groups excluding tert-OH is 1. The number of hydrogen-bond acceptors (Lipinski definition) is 3. The Labute approximate surface area is 100 Å². The second kappa shape index (κ2) is 6.24. The van der Waals surface area contributed by atoms with Gasteiger partial charge in [-0.15, -0.1) is 9.24 Å². The van der Waals surface area contributed by atoms with Crippen LogP contribution in [0.25, 0.3) is 0 Å². The number of benzene rings is 1. The van der Waals surface area contributed by atoms with E-state index in [9.17, 15) is 0 Å². The van der Waals surface area contributed by atoms with E-state index in [1.165, 1.54) is 0 Å². The third kappa shape index (κ3) is 2.97. The predicted octanol–water partition coefficient (Wildman–Crippen LogP) is -0.138. The molecule has 2 radical (unpaired) electrons. The summed E-state index contributed by atoms with van der Waals surface area (Å²) in [4.78, 5) is 0. The molecular formula is C11H18BN2OP. The summed E-state index contributed by atoms with van der Waals surface area (Å²) in [6, 6.07) is 3.94. The highest BCUT2D eigenvalue weighted by Gasteiger charge is 2.13. The van der Waals surface area contributed by atoms with Crippen LogP contribution in [-0.2, 0) is 6.42 Å². The van der Waals surface area contributed by atoms with Crippen molar-refractivity contribution in [1.29, 1.82) is 0 Å². The van der Waals surface area contributed by atoms with Gasteiger partial charge in [0.15, 0.2) is 0 Å². The Morgan fingerprint density at radius 1 is 1.44 bits per heavy atom. The van der Waals surface area contributed by atoms with E-state index < -0.39 is 0 Å². The first-order valence-corrected chi connectivity index (χ1v) is 5.92. The molecule has 0 aromatic heterocycles. The Hall–Kier alpha value is -0.565. The molecular weight excluding hydrogens is 218 g/mol. The Kier molecular flexibility index (Phi) is 5.26. The first-order valence-electron chi connectivity index (χ1n) is 5.35. The molecule has 0 spiro atoms. The number of aliphatic hydroxyl groups is 1. The van der Waals surface area contributed by atoms with Gasteiger partial charge >= 0.3 is 0 Å². The van der Waals surface area contributed by atoms with E-state index in [1.54, 1.807) is 0 Å². The van der Waals surface area contributed by atoms with E-state index in [0.717, 1.165) is 22.9 Å². The quantitative estimate of drug-likeness (QED) is 0.378. The van der Waals surface area contributed by atoms with E-state index in [2.05, 4.69) is 9.24 Å². The summed E-state index contributed by atoms with van der Waals surface area (Å²) < 4.78 is 0. The zero-order chi connectivity index (χ0) is 12.1. The third-order valence-electron chi connectivity index (χ3n) is 2.64. The van der Waals surface area contributed by atoms with Crippen LogP contribution < -0.4 is 16.8 Å². The second-order valence-corrected chi connectivity index (χ2v) is 4.43. The topological polar surface area (TPSA) is 72.3 Å². The van der Waals surface area contributed by atoms with Gasteiger partial charge in [-0.1, -0.05) is 12.1 Å². The SMILES string of the molecule is [B]C(CN)c1c(P)ccc(CCCO)c1N. The number of hydrogen-bond donors (Lipinski definition) is 3. The van der Waals surface area contributed by atoms with Crippen molar-refractivity contribution >= 4 is 28.1 Å². The molecule has 5 N–H and O–H groups in total. The van der Waals surface area contributed by atoms with E-state index in [-0.39, 0.29) is 12.4 Å². The molecule has 1 rings (SSSR count). The fourth-order valence-corrected chi connectivity index (χ4v) is 2.18. The summed E-state index contributed by atoms with van der Waals surface area (Å²) in [5.74, 6) is -0.235. The van der Waals surface area contributed by atoms with E-state index >= 15 is 0 Å². The minimum Gasteiger partial charge on any atom is -0.398 e. The Bertz CT molecular complexity index is 360. The van der Waals surface area contributed by atoms with Gasteiger partial charge in [-0.25, -0.2) is 0 Å². The van der Waals surface area contributed by atoms with Gasteiger partial charge < -0.3 is 16.6 Å². The normalized spacial score (nSPS) is 12.7. The van der Waals surface area contributed by atoms with Gasteiger partial charge in [0.05, 0.1) is 7.85 Å². The van der Waals surface area contributed by atoms with Crippen LogP contribution in [0, 0.1) is 0 Å². The molecule has 2 unspecified atom stereocenters. The third-order valence-corrected chi connectivity index (χ3v) is 3.14. The molecule has 0 amide bonds. The molecule has 0 heterocycles. The van der Waals surface area contributed by atoms with Crippen molar-refractivity contribution in [3.63, 3.8) is 0 Å². The van der Waals surface area contributed by atoms with Crippen molar-refractivity contribution in [2.45, 2.75) is 18.7 Å².